The van der Waals surface area contributed by atoms with Gasteiger partial charge in [-0.15, -0.1) is 0 Å². The average Bonchev–Trinajstić information content (AvgIpc) is 2.68. The van der Waals surface area contributed by atoms with Crippen molar-refractivity contribution < 1.29 is 22.8 Å². The Kier molecular flexibility index (Phi) is 12.2. The molecule has 148 valence electrons. The first kappa shape index (κ1) is 24.7. The number of amides is 1. The first-order chi connectivity index (χ1) is 13.2. The van der Waals surface area contributed by atoms with E-state index >= 15 is 0 Å². The molecular formula is C19H21N3O5S. The summed E-state index contributed by atoms with van der Waals surface area (Å²) >= 11 is 0. The van der Waals surface area contributed by atoms with Crippen LogP contribution >= 0.6 is 0 Å². The molecule has 0 aliphatic carbocycles. The first-order valence-corrected chi connectivity index (χ1v) is 9.77. The lowest BCUT2D eigenvalue weighted by atomic mass is 10.1. The molecule has 0 aliphatic rings. The van der Waals surface area contributed by atoms with Crippen molar-refractivity contribution in [3.8, 4) is 6.07 Å². The molecule has 0 atom stereocenters. The highest BCUT2D eigenvalue weighted by Crippen LogP contribution is 1.98. The average molecular weight is 403 g/mol. The number of rotatable bonds is 6. The number of hydrogen-bond acceptors (Lipinski definition) is 6. The molecule has 0 aromatic heterocycles. The number of hydrogen-bond donors (Lipinski definition) is 2. The lowest BCUT2D eigenvalue weighted by Gasteiger charge is -2.01. The number of Topliss-reactive ketones (excluding diaryl/α,β-unsaturated/α-hetero) is 1. The van der Waals surface area contributed by atoms with Gasteiger partial charge in [0.25, 0.3) is 0 Å². The van der Waals surface area contributed by atoms with E-state index < -0.39 is 15.9 Å². The third kappa shape index (κ3) is 13.9. The number of benzene rings is 2. The number of carbonyl (C=O) groups excluding carboxylic acids is 3. The number of nitrogens with two attached hydrogens (primary N) is 1. The van der Waals surface area contributed by atoms with E-state index in [9.17, 15) is 22.8 Å². The Hall–Kier alpha value is -3.35. The quantitative estimate of drug-likeness (QED) is 0.549. The Morgan fingerprint density at radius 3 is 1.89 bits per heavy atom. The third-order valence-electron chi connectivity index (χ3n) is 2.78. The van der Waals surface area contributed by atoms with Gasteiger partial charge < -0.3 is 5.73 Å². The maximum absolute atomic E-state index is 11.4. The second-order valence-electron chi connectivity index (χ2n) is 5.21. The molecule has 0 saturated heterocycles. The van der Waals surface area contributed by atoms with Gasteiger partial charge >= 0.3 is 0 Å². The van der Waals surface area contributed by atoms with Crippen molar-refractivity contribution in [2.45, 2.75) is 6.42 Å². The van der Waals surface area contributed by atoms with Crippen LogP contribution < -0.4 is 10.5 Å². The summed E-state index contributed by atoms with van der Waals surface area (Å²) in [5.41, 5.74) is 5.77. The smallest absolute Gasteiger partial charge is 0.231 e. The summed E-state index contributed by atoms with van der Waals surface area (Å²) in [4.78, 5) is 31.0. The van der Waals surface area contributed by atoms with Crippen molar-refractivity contribution in [3.05, 3.63) is 71.8 Å². The Balaban J connectivity index is 0.000000439. The molecule has 28 heavy (non-hydrogen) atoms. The standard InChI is InChI=1S/C9H11NO3S.C7H6O.C3H4N2O/c1-14(12,13)10-7-9(11)8-5-3-2-4-6-8;8-6-7-4-2-1-3-5-7;4-2-1-3(5)6/h2-6,10H,7H2,1H3;1-6H;1H2,(H2,5,6). The van der Waals surface area contributed by atoms with Crippen LogP contribution in [0.5, 0.6) is 0 Å². The topological polar surface area (TPSA) is 147 Å². The highest BCUT2D eigenvalue weighted by Gasteiger charge is 2.07. The monoisotopic (exact) mass is 403 g/mol. The number of sulfonamides is 1. The van der Waals surface area contributed by atoms with Gasteiger partial charge in [-0.05, 0) is 0 Å². The summed E-state index contributed by atoms with van der Waals surface area (Å²) in [5, 5.41) is 7.69. The van der Waals surface area contributed by atoms with E-state index in [4.69, 9.17) is 5.26 Å². The van der Waals surface area contributed by atoms with Crippen LogP contribution in [0.3, 0.4) is 0 Å². The molecule has 0 radical (unpaired) electrons. The fourth-order valence-corrected chi connectivity index (χ4v) is 1.93. The Labute approximate surface area is 164 Å². The molecule has 0 bridgehead atoms. The van der Waals surface area contributed by atoms with Crippen LogP contribution in [0.4, 0.5) is 0 Å². The number of primary amides is 1. The van der Waals surface area contributed by atoms with Crippen molar-refractivity contribution in [3.63, 3.8) is 0 Å². The minimum Gasteiger partial charge on any atom is -0.369 e. The molecule has 9 heteroatoms. The van der Waals surface area contributed by atoms with E-state index in [2.05, 4.69) is 10.5 Å². The highest BCUT2D eigenvalue weighted by atomic mass is 32.2. The molecule has 8 nitrogen and oxygen atoms in total. The van der Waals surface area contributed by atoms with Crippen molar-refractivity contribution >= 4 is 28.0 Å². The number of ketones is 1. The number of carbonyl (C=O) groups is 3. The van der Waals surface area contributed by atoms with Crippen molar-refractivity contribution in [1.82, 2.24) is 4.72 Å². The third-order valence-corrected chi connectivity index (χ3v) is 3.45. The second-order valence-corrected chi connectivity index (χ2v) is 7.05. The highest BCUT2D eigenvalue weighted by molar-refractivity contribution is 7.88. The zero-order valence-corrected chi connectivity index (χ0v) is 16.1. The number of aldehydes is 1. The first-order valence-electron chi connectivity index (χ1n) is 7.88. The predicted molar refractivity (Wildman–Crippen MR) is 105 cm³/mol. The summed E-state index contributed by atoms with van der Waals surface area (Å²) in [5.74, 6) is -0.812. The molecule has 2 aromatic rings. The van der Waals surface area contributed by atoms with Crippen molar-refractivity contribution in [1.29, 1.82) is 5.26 Å². The van der Waals surface area contributed by atoms with E-state index in [1.165, 1.54) is 0 Å². The normalized spacial score (nSPS) is 9.43. The predicted octanol–water partition coefficient (Wildman–Crippen LogP) is 1.30. The number of nitrogens with zero attached hydrogens (tertiary/aromatic N) is 1. The van der Waals surface area contributed by atoms with Crippen LogP contribution in [0.1, 0.15) is 27.1 Å². The van der Waals surface area contributed by atoms with Crippen LogP contribution in [-0.2, 0) is 14.8 Å². The Bertz CT molecular complexity index is 892. The van der Waals surface area contributed by atoms with E-state index in [1.54, 1.807) is 48.5 Å². The lowest BCUT2D eigenvalue weighted by molar-refractivity contribution is -0.117. The molecule has 3 N–H and O–H groups in total. The molecule has 0 unspecified atom stereocenters. The molecule has 0 aliphatic heterocycles. The lowest BCUT2D eigenvalue weighted by Crippen LogP contribution is -2.28. The van der Waals surface area contributed by atoms with Gasteiger partial charge in [-0.1, -0.05) is 60.7 Å². The Morgan fingerprint density at radius 1 is 1.07 bits per heavy atom. The van der Waals surface area contributed by atoms with Crippen LogP contribution in [0, 0.1) is 11.3 Å². The summed E-state index contributed by atoms with van der Waals surface area (Å²) in [6.45, 7) is -0.192. The maximum atomic E-state index is 11.4. The summed E-state index contributed by atoms with van der Waals surface area (Å²) in [6, 6.07) is 19.2. The van der Waals surface area contributed by atoms with Gasteiger partial charge in [0.05, 0.1) is 18.9 Å². The van der Waals surface area contributed by atoms with Gasteiger partial charge in [0, 0.05) is 11.1 Å². The van der Waals surface area contributed by atoms with Gasteiger partial charge in [-0.25, -0.2) is 13.1 Å². The molecular weight excluding hydrogens is 382 g/mol. The van der Waals surface area contributed by atoms with Gasteiger partial charge in [0.15, 0.2) is 5.78 Å². The minimum absolute atomic E-state index is 0.181. The van der Waals surface area contributed by atoms with Gasteiger partial charge in [-0.3, -0.25) is 14.4 Å². The zero-order chi connectivity index (χ0) is 21.4. The summed E-state index contributed by atoms with van der Waals surface area (Å²) in [7, 11) is -3.30. The fourth-order valence-electron chi connectivity index (χ4n) is 1.53. The van der Waals surface area contributed by atoms with Crippen molar-refractivity contribution in [2.75, 3.05) is 12.8 Å². The molecule has 0 heterocycles. The zero-order valence-electron chi connectivity index (χ0n) is 15.2. The number of nitriles is 1. The van der Waals surface area contributed by atoms with Crippen molar-refractivity contribution in [2.24, 2.45) is 5.73 Å². The van der Waals surface area contributed by atoms with E-state index in [1.807, 2.05) is 18.2 Å². The maximum Gasteiger partial charge on any atom is 0.231 e. The molecule has 0 spiro atoms. The molecule has 0 fully saturated rings. The van der Waals surface area contributed by atoms with Gasteiger partial charge in [0.1, 0.15) is 12.7 Å². The second kappa shape index (κ2) is 13.8. The molecule has 1 amide bonds. The minimum atomic E-state index is -3.30. The van der Waals surface area contributed by atoms with Gasteiger partial charge in [0.2, 0.25) is 15.9 Å². The molecule has 2 aromatic carbocycles. The van der Waals surface area contributed by atoms with E-state index in [0.29, 0.717) is 5.56 Å². The largest absolute Gasteiger partial charge is 0.369 e. The van der Waals surface area contributed by atoms with Crippen LogP contribution in [0.2, 0.25) is 0 Å². The summed E-state index contributed by atoms with van der Waals surface area (Å²) in [6.07, 6.45) is 1.67. The van der Waals surface area contributed by atoms with Gasteiger partial charge in [-0.2, -0.15) is 5.26 Å². The fraction of sp³-hybridized carbons (Fsp3) is 0.158. The Morgan fingerprint density at radius 2 is 1.57 bits per heavy atom. The SMILES string of the molecule is CS(=O)(=O)NCC(=O)c1ccccc1.N#CCC(N)=O.O=Cc1ccccc1. The number of nitrogens with one attached hydrogen (secondary N) is 1. The van der Waals surface area contributed by atoms with Crippen LogP contribution in [0.25, 0.3) is 0 Å². The molecule has 2 rings (SSSR count). The van der Waals surface area contributed by atoms with Crippen LogP contribution in [-0.4, -0.2) is 39.2 Å². The van der Waals surface area contributed by atoms with E-state index in [-0.39, 0.29) is 18.7 Å². The molecule has 0 saturated carbocycles. The van der Waals surface area contributed by atoms with Crippen LogP contribution in [0.15, 0.2) is 60.7 Å². The van der Waals surface area contributed by atoms with E-state index in [0.717, 1.165) is 18.1 Å². The summed E-state index contributed by atoms with van der Waals surface area (Å²) < 4.78 is 23.6.